The fourth-order valence-corrected chi connectivity index (χ4v) is 4.92. The quantitative estimate of drug-likeness (QED) is 0.126. The summed E-state index contributed by atoms with van der Waals surface area (Å²) in [6.45, 7) is 7.38. The van der Waals surface area contributed by atoms with Crippen molar-refractivity contribution in [3.63, 3.8) is 0 Å². The summed E-state index contributed by atoms with van der Waals surface area (Å²) in [5.74, 6) is 0.940. The summed E-state index contributed by atoms with van der Waals surface area (Å²) in [6, 6.07) is 4.20. The Morgan fingerprint density at radius 1 is 0.750 bits per heavy atom. The van der Waals surface area contributed by atoms with Crippen LogP contribution in [-0.2, 0) is 26.6 Å². The highest BCUT2D eigenvalue weighted by molar-refractivity contribution is 5.27. The number of likely N-dealkylation sites (N-methyl/N-ethyl adjacent to an activating group) is 1. The van der Waals surface area contributed by atoms with Crippen molar-refractivity contribution < 1.29 is 4.74 Å². The number of unbranched alkanes of at least 4 members (excludes halogenated alkanes) is 13. The predicted octanol–water partition coefficient (Wildman–Crippen LogP) is 6.66. The number of nitrogens with zero attached hydrogens (tertiary/aromatic N) is 4. The number of aromatic nitrogens is 3. The van der Waals surface area contributed by atoms with E-state index in [1.54, 1.807) is 0 Å². The van der Waals surface area contributed by atoms with E-state index in [1.165, 1.54) is 83.5 Å². The van der Waals surface area contributed by atoms with Crippen molar-refractivity contribution in [1.29, 1.82) is 0 Å². The highest BCUT2D eigenvalue weighted by atomic mass is 16.5. The lowest BCUT2D eigenvalue weighted by molar-refractivity contribution is 0.303. The van der Waals surface area contributed by atoms with Crippen LogP contribution in [0.25, 0.3) is 0 Å². The molecule has 2 aromatic heterocycles. The fourth-order valence-electron chi connectivity index (χ4n) is 4.92. The maximum absolute atomic E-state index is 6.20. The molecule has 0 radical (unpaired) electrons. The summed E-state index contributed by atoms with van der Waals surface area (Å²) in [6.07, 6.45) is 24.1. The van der Waals surface area contributed by atoms with Gasteiger partial charge in [-0.05, 0) is 20.5 Å². The lowest BCUT2D eigenvalue weighted by Crippen LogP contribution is -2.26. The third-order valence-electron chi connectivity index (χ3n) is 7.34. The van der Waals surface area contributed by atoms with Gasteiger partial charge in [0, 0.05) is 64.5 Å². The third-order valence-corrected chi connectivity index (χ3v) is 7.34. The van der Waals surface area contributed by atoms with Crippen LogP contribution in [0.2, 0.25) is 0 Å². The van der Waals surface area contributed by atoms with Gasteiger partial charge in [0.1, 0.15) is 5.75 Å². The summed E-state index contributed by atoms with van der Waals surface area (Å²) < 4.78 is 8.19. The van der Waals surface area contributed by atoms with Gasteiger partial charge in [0.05, 0.1) is 30.0 Å². The zero-order valence-electron chi connectivity index (χ0n) is 26.4. The molecule has 0 spiro atoms. The Kier molecular flexibility index (Phi) is 19.4. The maximum atomic E-state index is 6.20. The number of imidazole rings is 1. The zero-order valence-corrected chi connectivity index (χ0v) is 26.4. The molecule has 0 bridgehead atoms. The molecule has 0 saturated carbocycles. The minimum Gasteiger partial charge on any atom is -0.493 e. The minimum atomic E-state index is 0.730. The molecule has 0 aliphatic heterocycles. The Bertz CT molecular complexity index is 868. The standard InChI is InChI=1S/C33H60N6O/c1-5-6-7-8-9-10-11-12-13-14-15-16-17-18-23-40-33-24-31(26-34-20-19-30-28-39(4)29-36-30)37-32(25-33)27-35-21-22-38(2)3/h24-25,28-29,34-35H,5-23,26-27H2,1-4H3. The Morgan fingerprint density at radius 3 is 1.82 bits per heavy atom. The molecule has 40 heavy (non-hydrogen) atoms. The summed E-state index contributed by atoms with van der Waals surface area (Å²) in [5.41, 5.74) is 3.18. The average molecular weight is 557 g/mol. The SMILES string of the molecule is CCCCCCCCCCCCCCCCOc1cc(CNCCc2cn(C)cn2)nc(CNCCN(C)C)c1. The zero-order chi connectivity index (χ0) is 28.7. The van der Waals surface area contributed by atoms with Gasteiger partial charge in [-0.3, -0.25) is 4.98 Å². The van der Waals surface area contributed by atoms with Crippen molar-refractivity contribution in [3.05, 3.63) is 41.7 Å². The van der Waals surface area contributed by atoms with Gasteiger partial charge in [0.15, 0.2) is 0 Å². The van der Waals surface area contributed by atoms with E-state index in [9.17, 15) is 0 Å². The van der Waals surface area contributed by atoms with Crippen molar-refractivity contribution >= 4 is 0 Å². The molecule has 7 heteroatoms. The Morgan fingerprint density at radius 2 is 1.30 bits per heavy atom. The monoisotopic (exact) mass is 556 g/mol. The highest BCUT2D eigenvalue weighted by Crippen LogP contribution is 2.17. The highest BCUT2D eigenvalue weighted by Gasteiger charge is 2.06. The van der Waals surface area contributed by atoms with E-state index in [2.05, 4.69) is 59.9 Å². The van der Waals surface area contributed by atoms with Gasteiger partial charge in [-0.2, -0.15) is 0 Å². The number of hydrogen-bond acceptors (Lipinski definition) is 6. The molecule has 0 unspecified atom stereocenters. The first kappa shape index (κ1) is 34.2. The van der Waals surface area contributed by atoms with E-state index >= 15 is 0 Å². The van der Waals surface area contributed by atoms with Crippen LogP contribution in [0.3, 0.4) is 0 Å². The first-order chi connectivity index (χ1) is 19.6. The maximum Gasteiger partial charge on any atom is 0.123 e. The van der Waals surface area contributed by atoms with Gasteiger partial charge < -0.3 is 24.8 Å². The summed E-state index contributed by atoms with van der Waals surface area (Å²) in [4.78, 5) is 11.5. The molecule has 0 amide bonds. The molecule has 228 valence electrons. The second-order valence-corrected chi connectivity index (χ2v) is 11.7. The van der Waals surface area contributed by atoms with Crippen LogP contribution in [-0.4, -0.2) is 59.8 Å². The molecular formula is C33H60N6O. The van der Waals surface area contributed by atoms with Crippen LogP contribution >= 0.6 is 0 Å². The van der Waals surface area contributed by atoms with Crippen molar-refractivity contribution in [2.75, 3.05) is 40.3 Å². The van der Waals surface area contributed by atoms with Crippen molar-refractivity contribution in [1.82, 2.24) is 30.1 Å². The van der Waals surface area contributed by atoms with Gasteiger partial charge in [-0.15, -0.1) is 0 Å². The van der Waals surface area contributed by atoms with Crippen molar-refractivity contribution in [3.8, 4) is 5.75 Å². The Labute approximate surface area is 245 Å². The molecular weight excluding hydrogens is 496 g/mol. The van der Waals surface area contributed by atoms with Gasteiger partial charge in [0.2, 0.25) is 0 Å². The number of aryl methyl sites for hydroxylation is 1. The molecule has 2 aromatic rings. The van der Waals surface area contributed by atoms with E-state index in [4.69, 9.17) is 9.72 Å². The first-order valence-corrected chi connectivity index (χ1v) is 16.2. The van der Waals surface area contributed by atoms with E-state index < -0.39 is 0 Å². The normalized spacial score (nSPS) is 11.5. The molecule has 2 rings (SSSR count). The smallest absolute Gasteiger partial charge is 0.123 e. The fraction of sp³-hybridized carbons (Fsp3) is 0.758. The summed E-state index contributed by atoms with van der Waals surface area (Å²) >= 11 is 0. The molecule has 7 nitrogen and oxygen atoms in total. The van der Waals surface area contributed by atoms with Crippen LogP contribution < -0.4 is 15.4 Å². The number of hydrogen-bond donors (Lipinski definition) is 2. The largest absolute Gasteiger partial charge is 0.493 e. The van der Waals surface area contributed by atoms with Crippen molar-refractivity contribution in [2.24, 2.45) is 7.05 Å². The van der Waals surface area contributed by atoms with E-state index in [-0.39, 0.29) is 0 Å². The van der Waals surface area contributed by atoms with Gasteiger partial charge in [-0.25, -0.2) is 4.98 Å². The molecule has 0 fully saturated rings. The number of nitrogens with one attached hydrogen (secondary N) is 2. The van der Waals surface area contributed by atoms with Crippen LogP contribution in [0.15, 0.2) is 24.7 Å². The minimum absolute atomic E-state index is 0.730. The van der Waals surface area contributed by atoms with E-state index in [0.717, 1.165) is 75.0 Å². The van der Waals surface area contributed by atoms with Crippen LogP contribution in [0.1, 0.15) is 114 Å². The Balaban J connectivity index is 1.62. The lowest BCUT2D eigenvalue weighted by Gasteiger charge is -2.13. The van der Waals surface area contributed by atoms with Gasteiger partial charge in [0.25, 0.3) is 0 Å². The lowest BCUT2D eigenvalue weighted by atomic mass is 10.0. The molecule has 0 saturated heterocycles. The number of rotatable bonds is 26. The van der Waals surface area contributed by atoms with Crippen molar-refractivity contribution in [2.45, 2.75) is 116 Å². The number of ether oxygens (including phenoxy) is 1. The average Bonchev–Trinajstić information content (AvgIpc) is 3.36. The molecule has 0 aliphatic rings. The Hall–Kier alpha value is -1.96. The van der Waals surface area contributed by atoms with Crippen LogP contribution in [0, 0.1) is 0 Å². The van der Waals surface area contributed by atoms with Gasteiger partial charge >= 0.3 is 0 Å². The van der Waals surface area contributed by atoms with E-state index in [0.29, 0.717) is 0 Å². The second-order valence-electron chi connectivity index (χ2n) is 11.7. The molecule has 2 N–H and O–H groups in total. The summed E-state index contributed by atoms with van der Waals surface area (Å²) in [5, 5.41) is 7.03. The topological polar surface area (TPSA) is 67.2 Å². The second kappa shape index (κ2) is 22.7. The van der Waals surface area contributed by atoms with E-state index in [1.807, 2.05) is 17.9 Å². The number of pyridine rings is 1. The molecule has 2 heterocycles. The molecule has 0 aliphatic carbocycles. The van der Waals surface area contributed by atoms with Crippen LogP contribution in [0.4, 0.5) is 0 Å². The molecule has 0 atom stereocenters. The first-order valence-electron chi connectivity index (χ1n) is 16.2. The van der Waals surface area contributed by atoms with Gasteiger partial charge in [-0.1, -0.05) is 90.4 Å². The third kappa shape index (κ3) is 17.7. The van der Waals surface area contributed by atoms with Crippen LogP contribution in [0.5, 0.6) is 5.75 Å². The molecule has 0 aromatic carbocycles. The predicted molar refractivity (Wildman–Crippen MR) is 169 cm³/mol. The summed E-state index contributed by atoms with van der Waals surface area (Å²) in [7, 11) is 6.20.